The minimum atomic E-state index is -0.125. The molecule has 0 amide bonds. The number of hydrogen-bond acceptors (Lipinski definition) is 4. The second kappa shape index (κ2) is 11.9. The Morgan fingerprint density at radius 3 is 2.31 bits per heavy atom. The molecule has 1 N–H and O–H groups in total. The molecule has 4 aromatic rings. The largest absolute Gasteiger partial charge is 0.512 e. The van der Waals surface area contributed by atoms with Crippen LogP contribution in [-0.2, 0) is 24.9 Å². The number of hydrogen-bond donors (Lipinski definition) is 1. The van der Waals surface area contributed by atoms with Gasteiger partial charge in [0.25, 0.3) is 0 Å². The van der Waals surface area contributed by atoms with E-state index in [0.29, 0.717) is 5.92 Å². The summed E-state index contributed by atoms with van der Waals surface area (Å²) in [7, 11) is 0. The van der Waals surface area contributed by atoms with Crippen LogP contribution in [0.4, 0.5) is 0 Å². The van der Waals surface area contributed by atoms with Crippen molar-refractivity contribution < 1.29 is 30.0 Å². The van der Waals surface area contributed by atoms with Gasteiger partial charge in [0.1, 0.15) is 0 Å². The van der Waals surface area contributed by atoms with E-state index in [-0.39, 0.29) is 31.6 Å². The third-order valence-electron chi connectivity index (χ3n) is 4.63. The monoisotopic (exact) mass is 621 g/mol. The number of aliphatic hydroxyl groups excluding tert-OH is 1. The van der Waals surface area contributed by atoms with Crippen LogP contribution in [-0.4, -0.2) is 15.9 Å². The summed E-state index contributed by atoms with van der Waals surface area (Å²) < 4.78 is 1.22. The molecule has 3 nitrogen and oxygen atoms in total. The van der Waals surface area contributed by atoms with Crippen LogP contribution in [0.15, 0.2) is 78.6 Å². The zero-order valence-electron chi connectivity index (χ0n) is 18.5. The van der Waals surface area contributed by atoms with E-state index in [2.05, 4.69) is 62.4 Å². The number of carbonyl (C=O) groups is 1. The molecular weight excluding hydrogens is 595 g/mol. The Balaban J connectivity index is 0.000000398. The van der Waals surface area contributed by atoms with Gasteiger partial charge in [-0.15, -0.1) is 47.2 Å². The summed E-state index contributed by atoms with van der Waals surface area (Å²) >= 11 is 1.80. The van der Waals surface area contributed by atoms with Crippen LogP contribution in [0.5, 0.6) is 0 Å². The minimum absolute atomic E-state index is 0. The van der Waals surface area contributed by atoms with Gasteiger partial charge in [0.2, 0.25) is 0 Å². The second-order valence-electron chi connectivity index (χ2n) is 7.64. The number of allylic oxidation sites excluding steroid dienone is 2. The van der Waals surface area contributed by atoms with Crippen LogP contribution in [0.2, 0.25) is 0 Å². The van der Waals surface area contributed by atoms with E-state index < -0.39 is 0 Å². The molecule has 0 fully saturated rings. The van der Waals surface area contributed by atoms with Gasteiger partial charge < -0.3 is 5.11 Å². The van der Waals surface area contributed by atoms with Crippen LogP contribution in [0.25, 0.3) is 31.9 Å². The van der Waals surface area contributed by atoms with Gasteiger partial charge in [-0.2, -0.15) is 0 Å². The molecule has 0 aliphatic heterocycles. The Hall–Kier alpha value is -2.59. The maximum absolute atomic E-state index is 10.0. The van der Waals surface area contributed by atoms with E-state index >= 15 is 0 Å². The van der Waals surface area contributed by atoms with Crippen LogP contribution in [0.1, 0.15) is 39.2 Å². The smallest absolute Gasteiger partial charge is 0.155 e. The fourth-order valence-corrected chi connectivity index (χ4v) is 4.10. The van der Waals surface area contributed by atoms with Crippen LogP contribution >= 0.6 is 11.3 Å². The Kier molecular flexibility index (Phi) is 9.52. The van der Waals surface area contributed by atoms with Crippen molar-refractivity contribution in [2.45, 2.75) is 33.6 Å². The first-order valence-corrected chi connectivity index (χ1v) is 11.0. The first kappa shape index (κ1) is 25.7. The van der Waals surface area contributed by atoms with Gasteiger partial charge in [-0.1, -0.05) is 44.2 Å². The summed E-state index contributed by atoms with van der Waals surface area (Å²) in [6.07, 6.45) is 1.17. The number of nitrogens with zero attached hydrogens (tertiary/aromatic N) is 1. The molecule has 0 saturated heterocycles. The molecule has 32 heavy (non-hydrogen) atoms. The van der Waals surface area contributed by atoms with Crippen molar-refractivity contribution >= 4 is 27.3 Å². The number of carbonyl (C=O) groups excluding carboxylic acids is 1. The summed E-state index contributed by atoms with van der Waals surface area (Å²) in [6, 6.07) is 26.5. The van der Waals surface area contributed by atoms with Crippen molar-refractivity contribution in [2.24, 2.45) is 0 Å². The Labute approximate surface area is 207 Å². The summed E-state index contributed by atoms with van der Waals surface area (Å²) in [4.78, 5) is 16.1. The number of fused-ring (bicyclic) bond motifs is 1. The van der Waals surface area contributed by atoms with Crippen LogP contribution in [0, 0.1) is 6.07 Å². The summed E-state index contributed by atoms with van der Waals surface area (Å²) in [6.45, 7) is 7.29. The first-order chi connectivity index (χ1) is 14.8. The van der Waals surface area contributed by atoms with Gasteiger partial charge in [-0.3, -0.25) is 9.78 Å². The summed E-state index contributed by atoms with van der Waals surface area (Å²) in [5.41, 5.74) is 5.70. The third kappa shape index (κ3) is 6.96. The molecule has 2 aromatic carbocycles. The maximum atomic E-state index is 10.0. The molecule has 0 unspecified atom stereocenters. The van der Waals surface area contributed by atoms with Crippen LogP contribution < -0.4 is 0 Å². The quantitative estimate of drug-likeness (QED) is 0.145. The average Bonchev–Trinajstić information content (AvgIpc) is 3.17. The van der Waals surface area contributed by atoms with Crippen molar-refractivity contribution in [1.29, 1.82) is 0 Å². The number of benzene rings is 2. The van der Waals surface area contributed by atoms with E-state index in [1.54, 1.807) is 11.3 Å². The molecule has 0 aliphatic rings. The predicted molar refractivity (Wildman–Crippen MR) is 130 cm³/mol. The third-order valence-corrected chi connectivity index (χ3v) is 5.77. The standard InChI is InChI=1S/C22H18NS.C5H8O2.Ir/c1-15(2)16-8-10-18(11-9-16)22-14-20-21(24-22)13-12-19(23-20)17-6-4-3-5-7-17;1-4(6)3-5(2)7;/h3-6,8-15H,1-2H3;3,6H,1-2H3;/q-1;;/b;4-3-;. The molecule has 1 radical (unpaired) electrons. The van der Waals surface area contributed by atoms with Gasteiger partial charge in [0, 0.05) is 31.1 Å². The van der Waals surface area contributed by atoms with Crippen molar-refractivity contribution in [1.82, 2.24) is 4.98 Å². The van der Waals surface area contributed by atoms with E-state index in [1.165, 1.54) is 40.6 Å². The molecule has 0 spiro atoms. The molecule has 0 bridgehead atoms. The number of ketones is 1. The number of pyridine rings is 1. The van der Waals surface area contributed by atoms with Crippen molar-refractivity contribution in [3.8, 4) is 21.7 Å². The molecule has 2 heterocycles. The Bertz CT molecular complexity index is 1190. The molecule has 0 saturated carbocycles. The Morgan fingerprint density at radius 1 is 1.06 bits per heavy atom. The number of aromatic nitrogens is 1. The fourth-order valence-electron chi connectivity index (χ4n) is 3.10. The van der Waals surface area contributed by atoms with E-state index in [1.807, 2.05) is 24.3 Å². The van der Waals surface area contributed by atoms with Gasteiger partial charge in [0.15, 0.2) is 5.78 Å². The molecular formula is C27H26IrNO2S-. The van der Waals surface area contributed by atoms with Gasteiger partial charge >= 0.3 is 0 Å². The Morgan fingerprint density at radius 2 is 1.78 bits per heavy atom. The van der Waals surface area contributed by atoms with Gasteiger partial charge in [-0.05, 0) is 48.7 Å². The van der Waals surface area contributed by atoms with Crippen molar-refractivity contribution in [3.05, 3.63) is 90.2 Å². The normalized spacial score (nSPS) is 11.0. The molecule has 0 atom stereocenters. The molecule has 5 heteroatoms. The summed E-state index contributed by atoms with van der Waals surface area (Å²) in [5.74, 6) is 0.500. The zero-order chi connectivity index (χ0) is 22.4. The topological polar surface area (TPSA) is 50.2 Å². The first-order valence-electron chi connectivity index (χ1n) is 10.2. The zero-order valence-corrected chi connectivity index (χ0v) is 21.8. The average molecular weight is 621 g/mol. The van der Waals surface area contributed by atoms with Crippen molar-refractivity contribution in [2.75, 3.05) is 0 Å². The molecule has 0 aliphatic carbocycles. The van der Waals surface area contributed by atoms with Gasteiger partial charge in [-0.25, -0.2) is 0 Å². The summed E-state index contributed by atoms with van der Waals surface area (Å²) in [5, 5.41) is 8.36. The van der Waals surface area contributed by atoms with E-state index in [9.17, 15) is 4.79 Å². The minimum Gasteiger partial charge on any atom is -0.512 e. The maximum Gasteiger partial charge on any atom is 0.155 e. The molecule has 4 rings (SSSR count). The number of aliphatic hydroxyl groups is 1. The number of thiophene rings is 1. The van der Waals surface area contributed by atoms with Gasteiger partial charge in [0.05, 0.1) is 16.0 Å². The number of rotatable bonds is 4. The molecule has 2 aromatic heterocycles. The fraction of sp³-hybridized carbons (Fsp3) is 0.185. The van der Waals surface area contributed by atoms with Crippen LogP contribution in [0.3, 0.4) is 0 Å². The predicted octanol–water partition coefficient (Wildman–Crippen LogP) is 7.59. The van der Waals surface area contributed by atoms with E-state index in [4.69, 9.17) is 10.1 Å². The van der Waals surface area contributed by atoms with E-state index in [0.717, 1.165) is 16.8 Å². The van der Waals surface area contributed by atoms with Crippen molar-refractivity contribution in [3.63, 3.8) is 0 Å². The second-order valence-corrected chi connectivity index (χ2v) is 8.72. The SMILES string of the molecule is CC(=O)/C=C(/C)O.CC(C)c1ccc(-c2cc3nc(-c4[c-]cccc4)ccc3s2)cc1.[Ir]. The molecule has 167 valence electrons.